The van der Waals surface area contributed by atoms with E-state index in [2.05, 4.69) is 13.8 Å². The summed E-state index contributed by atoms with van der Waals surface area (Å²) in [6, 6.07) is 0. The molecule has 6 rings (SSSR count). The molecule has 0 amide bonds. The molecule has 4 saturated carbocycles. The number of cyclic esters (lactones) is 1. The topological polar surface area (TPSA) is 105 Å². The first-order valence-electron chi connectivity index (χ1n) is 14.3. The predicted molar refractivity (Wildman–Crippen MR) is 132 cm³/mol. The highest BCUT2D eigenvalue weighted by molar-refractivity contribution is 5.85. The number of aliphatic hydroxyl groups excluding tert-OH is 2. The van der Waals surface area contributed by atoms with E-state index in [0.29, 0.717) is 30.8 Å². The van der Waals surface area contributed by atoms with Crippen LogP contribution in [0.3, 0.4) is 0 Å². The Labute approximate surface area is 214 Å². The molecule has 6 aliphatic rings. The fourth-order valence-corrected chi connectivity index (χ4v) is 9.82. The van der Waals surface area contributed by atoms with Crippen LogP contribution in [-0.4, -0.2) is 64.2 Å². The Morgan fingerprint density at radius 1 is 1.00 bits per heavy atom. The number of ether oxygens (including phenoxy) is 3. The summed E-state index contributed by atoms with van der Waals surface area (Å²) in [4.78, 5) is 11.8. The number of rotatable bonds is 3. The third-order valence-corrected chi connectivity index (χ3v) is 12.0. The predicted octanol–water partition coefficient (Wildman–Crippen LogP) is 3.49. The van der Waals surface area contributed by atoms with Gasteiger partial charge in [0.25, 0.3) is 0 Å². The molecule has 3 unspecified atom stereocenters. The van der Waals surface area contributed by atoms with E-state index in [1.807, 2.05) is 0 Å². The Morgan fingerprint density at radius 2 is 1.81 bits per heavy atom. The Balaban J connectivity index is 1.15. The van der Waals surface area contributed by atoms with Crippen LogP contribution >= 0.6 is 0 Å². The van der Waals surface area contributed by atoms with Gasteiger partial charge in [0.15, 0.2) is 6.29 Å². The second kappa shape index (κ2) is 8.77. The maximum absolute atomic E-state index is 12.4. The number of carbonyl (C=O) groups is 1. The quantitative estimate of drug-likeness (QED) is 0.399. The van der Waals surface area contributed by atoms with Crippen molar-refractivity contribution in [2.75, 3.05) is 6.61 Å². The van der Waals surface area contributed by atoms with Crippen molar-refractivity contribution in [3.05, 3.63) is 11.6 Å². The van der Waals surface area contributed by atoms with E-state index in [1.165, 1.54) is 0 Å². The van der Waals surface area contributed by atoms with Crippen molar-refractivity contribution >= 4 is 5.97 Å². The fourth-order valence-electron chi connectivity index (χ4n) is 9.82. The number of carbonyl (C=O) groups excluding carboxylic acids is 1. The van der Waals surface area contributed by atoms with Crippen LogP contribution in [0.1, 0.15) is 85.0 Å². The summed E-state index contributed by atoms with van der Waals surface area (Å²) < 4.78 is 17.4. The van der Waals surface area contributed by atoms with Crippen molar-refractivity contribution in [3.8, 4) is 0 Å². The Morgan fingerprint density at radius 3 is 2.53 bits per heavy atom. The molecule has 7 heteroatoms. The van der Waals surface area contributed by atoms with Gasteiger partial charge in [-0.2, -0.15) is 0 Å². The first-order valence-corrected chi connectivity index (χ1v) is 14.3. The minimum Gasteiger partial charge on any atom is -0.458 e. The Bertz CT molecular complexity index is 907. The monoisotopic (exact) mass is 504 g/mol. The average Bonchev–Trinajstić information content (AvgIpc) is 3.37. The third-order valence-electron chi connectivity index (χ3n) is 12.0. The molecule has 0 spiro atoms. The van der Waals surface area contributed by atoms with Crippen LogP contribution in [-0.2, 0) is 19.0 Å². The van der Waals surface area contributed by atoms with Gasteiger partial charge in [0.1, 0.15) is 12.7 Å². The molecule has 12 atom stereocenters. The highest BCUT2D eigenvalue weighted by atomic mass is 16.7. The number of hydrogen-bond donors (Lipinski definition) is 3. The van der Waals surface area contributed by atoms with Gasteiger partial charge in [-0.25, -0.2) is 4.79 Å². The van der Waals surface area contributed by atoms with Crippen LogP contribution in [0.5, 0.6) is 0 Å². The van der Waals surface area contributed by atoms with Crippen molar-refractivity contribution in [1.82, 2.24) is 0 Å². The summed E-state index contributed by atoms with van der Waals surface area (Å²) in [5.41, 5.74) is 0.404. The van der Waals surface area contributed by atoms with E-state index < -0.39 is 30.2 Å². The molecular weight excluding hydrogens is 460 g/mol. The minimum absolute atomic E-state index is 0.110. The van der Waals surface area contributed by atoms with E-state index in [1.54, 1.807) is 13.0 Å². The Kier molecular flexibility index (Phi) is 6.16. The van der Waals surface area contributed by atoms with Crippen molar-refractivity contribution in [1.29, 1.82) is 0 Å². The minimum atomic E-state index is -0.856. The molecule has 0 aromatic heterocycles. The number of aliphatic hydroxyl groups is 3. The zero-order valence-corrected chi connectivity index (χ0v) is 22.0. The van der Waals surface area contributed by atoms with Crippen LogP contribution in [0, 0.1) is 34.5 Å². The molecule has 0 aromatic rings. The highest BCUT2D eigenvalue weighted by Crippen LogP contribution is 2.70. The third kappa shape index (κ3) is 3.67. The average molecular weight is 505 g/mol. The first-order chi connectivity index (χ1) is 17.0. The fraction of sp³-hybridized carbons (Fsp3) is 0.897. The van der Waals surface area contributed by atoms with E-state index in [0.717, 1.165) is 63.4 Å². The van der Waals surface area contributed by atoms with Gasteiger partial charge in [-0.1, -0.05) is 13.8 Å². The van der Waals surface area contributed by atoms with Gasteiger partial charge in [-0.15, -0.1) is 0 Å². The smallest absolute Gasteiger partial charge is 0.331 e. The van der Waals surface area contributed by atoms with Gasteiger partial charge in [0.2, 0.25) is 0 Å². The molecule has 5 fully saturated rings. The summed E-state index contributed by atoms with van der Waals surface area (Å²) in [6.07, 6.45) is 8.64. The van der Waals surface area contributed by atoms with Crippen LogP contribution in [0.4, 0.5) is 0 Å². The largest absolute Gasteiger partial charge is 0.458 e. The van der Waals surface area contributed by atoms with Crippen molar-refractivity contribution in [3.63, 3.8) is 0 Å². The van der Waals surface area contributed by atoms with E-state index >= 15 is 0 Å². The molecule has 2 aliphatic heterocycles. The number of esters is 1. The molecule has 0 bridgehead atoms. The lowest BCUT2D eigenvalue weighted by Gasteiger charge is -2.63. The number of fused-ring (bicyclic) bond motifs is 5. The van der Waals surface area contributed by atoms with Crippen LogP contribution < -0.4 is 0 Å². The zero-order chi connectivity index (χ0) is 25.5. The molecule has 0 aromatic carbocycles. The maximum Gasteiger partial charge on any atom is 0.331 e. The van der Waals surface area contributed by atoms with Gasteiger partial charge < -0.3 is 29.5 Å². The molecule has 1 saturated heterocycles. The van der Waals surface area contributed by atoms with Gasteiger partial charge in [0.05, 0.1) is 23.9 Å². The summed E-state index contributed by atoms with van der Waals surface area (Å²) in [5, 5.41) is 32.5. The molecule has 2 heterocycles. The lowest BCUT2D eigenvalue weighted by atomic mass is 9.43. The standard InChI is InChI=1S/C29H44O7/c1-16-26(32)23(30)14-25(35-16)36-19-6-9-27(2)18(13-19)4-5-22-21(27)7-10-28(3)20(8-11-29(22,28)33)17-12-24(31)34-15-17/h12,16,18-23,25-26,30,32-33H,4-11,13-15H2,1-3H3/t16?,18-,19+,20-,21?,22?,23-,25+,26-,27+,28-,29+/m1/s1. The van der Waals surface area contributed by atoms with Crippen molar-refractivity contribution in [2.24, 2.45) is 34.5 Å². The van der Waals surface area contributed by atoms with Gasteiger partial charge in [0, 0.05) is 17.9 Å². The van der Waals surface area contributed by atoms with Crippen LogP contribution in [0.25, 0.3) is 0 Å². The number of hydrogen-bond acceptors (Lipinski definition) is 7. The van der Waals surface area contributed by atoms with Crippen LogP contribution in [0.15, 0.2) is 11.6 Å². The van der Waals surface area contributed by atoms with Crippen LogP contribution in [0.2, 0.25) is 0 Å². The second-order valence-corrected chi connectivity index (χ2v) is 13.4. The Hall–Kier alpha value is -0.990. The van der Waals surface area contributed by atoms with Crippen molar-refractivity contribution in [2.45, 2.75) is 121 Å². The second-order valence-electron chi connectivity index (χ2n) is 13.4. The van der Waals surface area contributed by atoms with E-state index in [4.69, 9.17) is 14.2 Å². The maximum atomic E-state index is 12.4. The summed E-state index contributed by atoms with van der Waals surface area (Å²) in [7, 11) is 0. The lowest BCUT2D eigenvalue weighted by Crippen LogP contribution is -2.62. The van der Waals surface area contributed by atoms with E-state index in [9.17, 15) is 20.1 Å². The summed E-state index contributed by atoms with van der Waals surface area (Å²) in [5.74, 6) is 1.37. The van der Waals surface area contributed by atoms with E-state index in [-0.39, 0.29) is 28.8 Å². The highest BCUT2D eigenvalue weighted by Gasteiger charge is 2.67. The van der Waals surface area contributed by atoms with Gasteiger partial charge in [-0.3, -0.25) is 0 Å². The molecule has 202 valence electrons. The molecule has 3 N–H and O–H groups in total. The first kappa shape index (κ1) is 25.3. The van der Waals surface area contributed by atoms with Gasteiger partial charge >= 0.3 is 5.97 Å². The zero-order valence-electron chi connectivity index (χ0n) is 22.0. The summed E-state index contributed by atoms with van der Waals surface area (Å²) >= 11 is 0. The molecule has 4 aliphatic carbocycles. The summed E-state index contributed by atoms with van der Waals surface area (Å²) in [6.45, 7) is 6.92. The van der Waals surface area contributed by atoms with Gasteiger partial charge in [-0.05, 0) is 99.4 Å². The van der Waals surface area contributed by atoms with Crippen molar-refractivity contribution < 1.29 is 34.3 Å². The molecule has 7 nitrogen and oxygen atoms in total. The molecule has 36 heavy (non-hydrogen) atoms. The lowest BCUT2D eigenvalue weighted by molar-refractivity contribution is -0.270. The normalized spacial score (nSPS) is 54.8. The SMILES string of the molecule is CC1O[C@@H](O[C@H]2CC[C@]3(C)C4CC[C@]5(C)[C@@H](C6=CC(=O)OC6)CC[C@]5(O)C4CC[C@@H]3C2)C[C@@H](O)[C@@H]1O. The molecule has 0 radical (unpaired) electrons. The molecular formula is C29H44O7.